The fraction of sp³-hybridized carbons (Fsp3) is 0.529. The molecule has 0 amide bonds. The van der Waals surface area contributed by atoms with Crippen LogP contribution in [0.2, 0.25) is 0 Å². The van der Waals surface area contributed by atoms with Gasteiger partial charge >= 0.3 is 0 Å². The van der Waals surface area contributed by atoms with Crippen molar-refractivity contribution in [3.05, 3.63) is 41.6 Å². The summed E-state index contributed by atoms with van der Waals surface area (Å²) in [5, 5.41) is 3.44. The second kappa shape index (κ2) is 6.08. The largest absolute Gasteiger partial charge is 0.359 e. The molecule has 1 nitrogen and oxygen atoms in total. The average molecular weight is 245 g/mol. The summed E-state index contributed by atoms with van der Waals surface area (Å²) in [6.45, 7) is 15.3. The summed E-state index contributed by atoms with van der Waals surface area (Å²) in [7, 11) is 0. The van der Waals surface area contributed by atoms with Crippen molar-refractivity contribution in [2.75, 3.05) is 5.32 Å². The van der Waals surface area contributed by atoms with Gasteiger partial charge in [0.15, 0.2) is 0 Å². The molecule has 0 heterocycles. The van der Waals surface area contributed by atoms with E-state index in [0.29, 0.717) is 5.41 Å². The van der Waals surface area contributed by atoms with Gasteiger partial charge in [-0.05, 0) is 54.9 Å². The third-order valence-electron chi connectivity index (χ3n) is 3.04. The normalized spacial score (nSPS) is 11.4. The molecule has 0 atom stereocenters. The number of rotatable bonds is 5. The highest BCUT2D eigenvalue weighted by Crippen LogP contribution is 2.24. The molecular formula is C17H27N. The molecule has 0 spiro atoms. The minimum atomic E-state index is 0.367. The highest BCUT2D eigenvalue weighted by Gasteiger charge is 2.10. The third kappa shape index (κ3) is 5.39. The van der Waals surface area contributed by atoms with E-state index in [-0.39, 0.29) is 0 Å². The summed E-state index contributed by atoms with van der Waals surface area (Å²) < 4.78 is 0. The molecule has 1 heteroatoms. The molecule has 0 aliphatic heterocycles. The van der Waals surface area contributed by atoms with Gasteiger partial charge < -0.3 is 5.32 Å². The van der Waals surface area contributed by atoms with Crippen molar-refractivity contribution in [3.8, 4) is 0 Å². The van der Waals surface area contributed by atoms with Gasteiger partial charge in [0.1, 0.15) is 0 Å². The Kier molecular flexibility index (Phi) is 5.01. The average Bonchev–Trinajstić information content (AvgIpc) is 2.24. The zero-order valence-electron chi connectivity index (χ0n) is 12.6. The first kappa shape index (κ1) is 14.8. The summed E-state index contributed by atoms with van der Waals surface area (Å²) in [4.78, 5) is 0. The van der Waals surface area contributed by atoms with Gasteiger partial charge in [-0.3, -0.25) is 0 Å². The minimum Gasteiger partial charge on any atom is -0.359 e. The lowest BCUT2D eigenvalue weighted by Gasteiger charge is -2.19. The molecule has 1 aromatic carbocycles. The van der Waals surface area contributed by atoms with Gasteiger partial charge in [-0.15, -0.1) is 0 Å². The van der Waals surface area contributed by atoms with Crippen LogP contribution < -0.4 is 5.32 Å². The van der Waals surface area contributed by atoms with E-state index in [1.54, 1.807) is 0 Å². The molecule has 0 unspecified atom stereocenters. The molecule has 0 aromatic heterocycles. The summed E-state index contributed by atoms with van der Waals surface area (Å²) in [6, 6.07) is 6.64. The maximum atomic E-state index is 4.13. The number of anilines is 1. The monoisotopic (exact) mass is 245 g/mol. The second-order valence-electron chi connectivity index (χ2n) is 6.35. The van der Waals surface area contributed by atoms with Crippen molar-refractivity contribution in [2.24, 2.45) is 5.41 Å². The SMILES string of the molecule is C=C(CCC(C)(C)C)Nc1cc(C)cc(CC)c1. The van der Waals surface area contributed by atoms with Crippen LogP contribution in [0.4, 0.5) is 5.69 Å². The topological polar surface area (TPSA) is 12.0 Å². The van der Waals surface area contributed by atoms with Crippen LogP contribution in [0.25, 0.3) is 0 Å². The zero-order chi connectivity index (χ0) is 13.8. The van der Waals surface area contributed by atoms with Crippen LogP contribution in [0.3, 0.4) is 0 Å². The van der Waals surface area contributed by atoms with Crippen molar-refractivity contribution in [2.45, 2.75) is 53.9 Å². The van der Waals surface area contributed by atoms with E-state index < -0.39 is 0 Å². The lowest BCUT2D eigenvalue weighted by Crippen LogP contribution is -2.07. The van der Waals surface area contributed by atoms with Crippen LogP contribution in [0.15, 0.2) is 30.5 Å². The Labute approximate surface area is 112 Å². The lowest BCUT2D eigenvalue weighted by molar-refractivity contribution is 0.378. The Morgan fingerprint density at radius 2 is 1.89 bits per heavy atom. The van der Waals surface area contributed by atoms with Gasteiger partial charge in [0.05, 0.1) is 0 Å². The van der Waals surface area contributed by atoms with E-state index >= 15 is 0 Å². The van der Waals surface area contributed by atoms with Crippen LogP contribution >= 0.6 is 0 Å². The van der Waals surface area contributed by atoms with Gasteiger partial charge in [0.2, 0.25) is 0 Å². The van der Waals surface area contributed by atoms with E-state index in [4.69, 9.17) is 0 Å². The highest BCUT2D eigenvalue weighted by atomic mass is 14.9. The summed E-state index contributed by atoms with van der Waals surface area (Å²) in [6.07, 6.45) is 3.26. The molecular weight excluding hydrogens is 218 g/mol. The number of hydrogen-bond acceptors (Lipinski definition) is 1. The molecule has 0 bridgehead atoms. The van der Waals surface area contributed by atoms with Crippen molar-refractivity contribution < 1.29 is 0 Å². The molecule has 0 saturated heterocycles. The molecule has 0 aliphatic rings. The molecule has 18 heavy (non-hydrogen) atoms. The fourth-order valence-corrected chi connectivity index (χ4v) is 1.93. The van der Waals surface area contributed by atoms with E-state index in [1.165, 1.54) is 16.8 Å². The zero-order valence-corrected chi connectivity index (χ0v) is 12.6. The Morgan fingerprint density at radius 1 is 1.22 bits per heavy atom. The van der Waals surface area contributed by atoms with Crippen molar-refractivity contribution in [3.63, 3.8) is 0 Å². The van der Waals surface area contributed by atoms with Crippen molar-refractivity contribution in [1.82, 2.24) is 0 Å². The predicted molar refractivity (Wildman–Crippen MR) is 82.0 cm³/mol. The van der Waals surface area contributed by atoms with Gasteiger partial charge in [-0.25, -0.2) is 0 Å². The van der Waals surface area contributed by atoms with Crippen LogP contribution in [-0.2, 0) is 6.42 Å². The quantitative estimate of drug-likeness (QED) is 0.741. The first-order valence-corrected chi connectivity index (χ1v) is 6.85. The molecule has 0 saturated carbocycles. The van der Waals surface area contributed by atoms with Crippen LogP contribution in [0.5, 0.6) is 0 Å². The van der Waals surface area contributed by atoms with Crippen LogP contribution in [-0.4, -0.2) is 0 Å². The first-order chi connectivity index (χ1) is 8.30. The van der Waals surface area contributed by atoms with E-state index in [9.17, 15) is 0 Å². The van der Waals surface area contributed by atoms with Gasteiger partial charge in [-0.2, -0.15) is 0 Å². The number of aryl methyl sites for hydroxylation is 2. The number of benzene rings is 1. The van der Waals surface area contributed by atoms with E-state index in [0.717, 1.165) is 25.0 Å². The first-order valence-electron chi connectivity index (χ1n) is 6.85. The predicted octanol–water partition coefficient (Wildman–Crippen LogP) is 5.31. The smallest absolute Gasteiger partial charge is 0.0387 e. The van der Waals surface area contributed by atoms with Gasteiger partial charge in [0, 0.05) is 11.4 Å². The number of allylic oxidation sites excluding steroid dienone is 1. The second-order valence-corrected chi connectivity index (χ2v) is 6.35. The van der Waals surface area contributed by atoms with E-state index in [2.05, 4.69) is 64.7 Å². The van der Waals surface area contributed by atoms with Crippen molar-refractivity contribution >= 4 is 5.69 Å². The van der Waals surface area contributed by atoms with Crippen LogP contribution in [0, 0.1) is 12.3 Å². The van der Waals surface area contributed by atoms with Crippen molar-refractivity contribution in [1.29, 1.82) is 0 Å². The Bertz CT molecular complexity index is 410. The Hall–Kier alpha value is -1.24. The Morgan fingerprint density at radius 3 is 2.44 bits per heavy atom. The van der Waals surface area contributed by atoms with E-state index in [1.807, 2.05) is 0 Å². The molecule has 0 fully saturated rings. The number of nitrogens with one attached hydrogen (secondary N) is 1. The van der Waals surface area contributed by atoms with Gasteiger partial charge in [0.25, 0.3) is 0 Å². The molecule has 1 aromatic rings. The minimum absolute atomic E-state index is 0.367. The molecule has 1 rings (SSSR count). The molecule has 1 N–H and O–H groups in total. The Balaban J connectivity index is 2.61. The number of hydrogen-bond donors (Lipinski definition) is 1. The van der Waals surface area contributed by atoms with Gasteiger partial charge in [-0.1, -0.05) is 40.3 Å². The third-order valence-corrected chi connectivity index (χ3v) is 3.04. The maximum absolute atomic E-state index is 4.13. The van der Waals surface area contributed by atoms with Crippen LogP contribution in [0.1, 0.15) is 51.7 Å². The molecule has 0 radical (unpaired) electrons. The molecule has 0 aliphatic carbocycles. The fourth-order valence-electron chi connectivity index (χ4n) is 1.93. The summed E-state index contributed by atoms with van der Waals surface area (Å²) in [5.74, 6) is 0. The summed E-state index contributed by atoms with van der Waals surface area (Å²) >= 11 is 0. The maximum Gasteiger partial charge on any atom is 0.0387 e. The molecule has 100 valence electrons. The standard InChI is InChI=1S/C17H27N/c1-7-15-10-13(2)11-16(12-15)18-14(3)8-9-17(4,5)6/h10-12,18H,3,7-9H2,1-2,4-6H3. The lowest BCUT2D eigenvalue weighted by atomic mass is 9.90. The highest BCUT2D eigenvalue weighted by molar-refractivity contribution is 5.52. The summed E-state index contributed by atoms with van der Waals surface area (Å²) in [5.41, 5.74) is 5.33.